The van der Waals surface area contributed by atoms with E-state index in [1.54, 1.807) is 37.3 Å². The van der Waals surface area contributed by atoms with Crippen LogP contribution >= 0.6 is 11.3 Å². The topological polar surface area (TPSA) is 108 Å². The smallest absolute Gasteiger partial charge is 0.270 e. The van der Waals surface area contributed by atoms with Crippen LogP contribution in [-0.2, 0) is 14.8 Å². The lowest BCUT2D eigenvalue weighted by Gasteiger charge is -2.16. The van der Waals surface area contributed by atoms with Gasteiger partial charge in [0.05, 0.1) is 17.1 Å². The number of nitrogens with zero attached hydrogens (tertiary/aromatic N) is 2. The molecular formula is C23H22N4O4S2. The van der Waals surface area contributed by atoms with Gasteiger partial charge in [0.2, 0.25) is 10.0 Å². The third-order valence-corrected chi connectivity index (χ3v) is 8.11. The summed E-state index contributed by atoms with van der Waals surface area (Å²) in [5.41, 5.74) is 7.60. The molecule has 3 aromatic rings. The summed E-state index contributed by atoms with van der Waals surface area (Å²) < 4.78 is 25.4. The van der Waals surface area contributed by atoms with Gasteiger partial charge in [0.15, 0.2) is 0 Å². The van der Waals surface area contributed by atoms with Crippen LogP contribution in [0.2, 0.25) is 0 Å². The Morgan fingerprint density at radius 2 is 1.79 bits per heavy atom. The van der Waals surface area contributed by atoms with E-state index in [4.69, 9.17) is 0 Å². The molecule has 2 amide bonds. The monoisotopic (exact) mass is 482 g/mol. The largest absolute Gasteiger partial charge is 0.281 e. The van der Waals surface area contributed by atoms with E-state index in [1.807, 2.05) is 30.3 Å². The van der Waals surface area contributed by atoms with Crippen molar-refractivity contribution in [3.63, 3.8) is 0 Å². The first kappa shape index (κ1) is 22.7. The molecule has 10 heteroatoms. The number of nitrogens with one attached hydrogen (secondary N) is 2. The van der Waals surface area contributed by atoms with Gasteiger partial charge in [-0.15, -0.1) is 11.3 Å². The molecule has 1 aliphatic rings. The van der Waals surface area contributed by atoms with Gasteiger partial charge in [-0.1, -0.05) is 42.5 Å². The van der Waals surface area contributed by atoms with E-state index in [0.29, 0.717) is 29.2 Å². The molecule has 0 atom stereocenters. The first-order valence-corrected chi connectivity index (χ1v) is 12.7. The summed E-state index contributed by atoms with van der Waals surface area (Å²) in [6.45, 7) is 2.22. The lowest BCUT2D eigenvalue weighted by atomic mass is 10.2. The van der Waals surface area contributed by atoms with Gasteiger partial charge in [-0.3, -0.25) is 24.7 Å². The van der Waals surface area contributed by atoms with Crippen LogP contribution in [0.3, 0.4) is 0 Å². The van der Waals surface area contributed by atoms with E-state index in [1.165, 1.54) is 21.7 Å². The summed E-state index contributed by atoms with van der Waals surface area (Å²) in [4.78, 5) is 29.4. The van der Waals surface area contributed by atoms with Crippen molar-refractivity contribution in [2.45, 2.75) is 13.3 Å². The van der Waals surface area contributed by atoms with E-state index in [9.17, 15) is 18.0 Å². The number of amides is 2. The third kappa shape index (κ3) is 5.29. The van der Waals surface area contributed by atoms with E-state index >= 15 is 0 Å². The second-order valence-corrected chi connectivity index (χ2v) is 10.4. The van der Waals surface area contributed by atoms with Crippen molar-refractivity contribution in [2.75, 3.05) is 16.6 Å². The fraction of sp³-hybridized carbons (Fsp3) is 0.174. The van der Waals surface area contributed by atoms with Crippen molar-refractivity contribution < 1.29 is 18.0 Å². The average Bonchev–Trinajstić information content (AvgIpc) is 3.38. The Morgan fingerprint density at radius 3 is 2.45 bits per heavy atom. The van der Waals surface area contributed by atoms with Crippen LogP contribution in [-0.4, -0.2) is 37.5 Å². The Labute approximate surface area is 196 Å². The molecule has 170 valence electrons. The number of sulfonamides is 1. The molecule has 4 rings (SSSR count). The van der Waals surface area contributed by atoms with Crippen molar-refractivity contribution in [1.29, 1.82) is 0 Å². The van der Waals surface area contributed by atoms with Crippen molar-refractivity contribution >= 4 is 44.9 Å². The Bertz CT molecular complexity index is 1300. The number of carbonyl (C=O) groups excluding carboxylic acids is 2. The number of thiazole rings is 1. The summed E-state index contributed by atoms with van der Waals surface area (Å²) in [6.07, 6.45) is 3.48. The van der Waals surface area contributed by atoms with Gasteiger partial charge in [0.1, 0.15) is 9.88 Å². The third-order valence-electron chi connectivity index (χ3n) is 5.03. The highest BCUT2D eigenvalue weighted by Crippen LogP contribution is 2.27. The maximum absolute atomic E-state index is 12.5. The normalized spacial score (nSPS) is 15.0. The highest BCUT2D eigenvalue weighted by atomic mass is 32.2. The number of hydrazine groups is 1. The maximum Gasteiger partial charge on any atom is 0.281 e. The molecule has 2 N–H and O–H groups in total. The van der Waals surface area contributed by atoms with Crippen molar-refractivity contribution in [3.05, 3.63) is 76.8 Å². The Hall–Kier alpha value is -3.50. The number of anilines is 1. The number of hydrogen-bond donors (Lipinski definition) is 2. The number of aromatic nitrogens is 1. The van der Waals surface area contributed by atoms with Gasteiger partial charge in [0, 0.05) is 18.2 Å². The number of aryl methyl sites for hydroxylation is 1. The zero-order valence-electron chi connectivity index (χ0n) is 17.8. The van der Waals surface area contributed by atoms with Gasteiger partial charge < -0.3 is 0 Å². The molecule has 0 bridgehead atoms. The summed E-state index contributed by atoms with van der Waals surface area (Å²) in [6, 6.07) is 16.4. The highest BCUT2D eigenvalue weighted by Gasteiger charge is 2.28. The van der Waals surface area contributed by atoms with E-state index in [2.05, 4.69) is 15.8 Å². The van der Waals surface area contributed by atoms with Gasteiger partial charge in [-0.2, -0.15) is 0 Å². The fourth-order valence-corrected chi connectivity index (χ4v) is 5.91. The van der Waals surface area contributed by atoms with Gasteiger partial charge >= 0.3 is 0 Å². The van der Waals surface area contributed by atoms with Crippen LogP contribution in [0.1, 0.15) is 27.3 Å². The highest BCUT2D eigenvalue weighted by molar-refractivity contribution is 7.93. The number of carbonyl (C=O) groups is 2. The molecule has 2 aromatic carbocycles. The Balaban J connectivity index is 1.33. The molecule has 2 heterocycles. The quantitative estimate of drug-likeness (QED) is 0.429. The Morgan fingerprint density at radius 1 is 1.06 bits per heavy atom. The van der Waals surface area contributed by atoms with Gasteiger partial charge in [-0.05, 0) is 37.1 Å². The second kappa shape index (κ2) is 9.55. The van der Waals surface area contributed by atoms with Crippen LogP contribution in [0, 0.1) is 6.92 Å². The van der Waals surface area contributed by atoms with Crippen LogP contribution in [0.15, 0.2) is 60.7 Å². The number of rotatable bonds is 5. The molecule has 0 aliphatic carbocycles. The number of benzene rings is 2. The molecule has 0 unspecified atom stereocenters. The lowest BCUT2D eigenvalue weighted by Crippen LogP contribution is -2.40. The Kier molecular flexibility index (Phi) is 6.57. The molecular weight excluding hydrogens is 460 g/mol. The summed E-state index contributed by atoms with van der Waals surface area (Å²) in [7, 11) is -3.23. The first-order chi connectivity index (χ1) is 15.8. The van der Waals surface area contributed by atoms with E-state index in [0.717, 1.165) is 16.1 Å². The minimum Gasteiger partial charge on any atom is -0.270 e. The van der Waals surface area contributed by atoms with Crippen molar-refractivity contribution in [1.82, 2.24) is 15.8 Å². The average molecular weight is 483 g/mol. The SMILES string of the molecule is Cc1nc(-c2ccccc2)sc1C(=O)NNC(=O)/C=C/c1ccc(N2CCCS2(=O)=O)cc1. The predicted octanol–water partition coefficient (Wildman–Crippen LogP) is 3.13. The molecule has 33 heavy (non-hydrogen) atoms. The maximum atomic E-state index is 12.5. The zero-order valence-corrected chi connectivity index (χ0v) is 19.4. The van der Waals surface area contributed by atoms with Crippen LogP contribution < -0.4 is 15.2 Å². The summed E-state index contributed by atoms with van der Waals surface area (Å²) in [5, 5.41) is 0.731. The van der Waals surface area contributed by atoms with Gasteiger partial charge in [-0.25, -0.2) is 13.4 Å². The molecule has 1 fully saturated rings. The number of hydrogen-bond acceptors (Lipinski definition) is 6. The van der Waals surface area contributed by atoms with Crippen molar-refractivity contribution in [2.24, 2.45) is 0 Å². The first-order valence-electron chi connectivity index (χ1n) is 10.3. The van der Waals surface area contributed by atoms with Crippen LogP contribution in [0.5, 0.6) is 0 Å². The molecule has 0 saturated carbocycles. The fourth-order valence-electron chi connectivity index (χ4n) is 3.38. The van der Waals surface area contributed by atoms with Gasteiger partial charge in [0.25, 0.3) is 11.8 Å². The van der Waals surface area contributed by atoms with Crippen LogP contribution in [0.25, 0.3) is 16.6 Å². The summed E-state index contributed by atoms with van der Waals surface area (Å²) in [5.74, 6) is -0.778. The molecule has 1 aliphatic heterocycles. The lowest BCUT2D eigenvalue weighted by molar-refractivity contribution is -0.117. The zero-order chi connectivity index (χ0) is 23.4. The van der Waals surface area contributed by atoms with E-state index in [-0.39, 0.29) is 5.75 Å². The molecule has 1 saturated heterocycles. The minimum absolute atomic E-state index is 0.162. The molecule has 0 radical (unpaired) electrons. The standard InChI is InChI=1S/C23H22N4O4S2/c1-16-21(32-23(24-16)18-6-3-2-4-7-18)22(29)26-25-20(28)13-10-17-8-11-19(12-9-17)27-14-5-15-33(27,30)31/h2-4,6-13H,5,14-15H2,1H3,(H,25,28)(H,26,29)/b13-10+. The summed E-state index contributed by atoms with van der Waals surface area (Å²) >= 11 is 1.25. The molecule has 0 spiro atoms. The molecule has 1 aromatic heterocycles. The minimum atomic E-state index is -3.23. The second-order valence-electron chi connectivity index (χ2n) is 7.41. The van der Waals surface area contributed by atoms with Crippen LogP contribution in [0.4, 0.5) is 5.69 Å². The predicted molar refractivity (Wildman–Crippen MR) is 129 cm³/mol. The van der Waals surface area contributed by atoms with E-state index < -0.39 is 21.8 Å². The van der Waals surface area contributed by atoms with Crippen molar-refractivity contribution in [3.8, 4) is 10.6 Å². The molecule has 8 nitrogen and oxygen atoms in total.